The largest absolute Gasteiger partial charge is 0.379 e. The summed E-state index contributed by atoms with van der Waals surface area (Å²) in [6, 6.07) is 0. The van der Waals surface area contributed by atoms with E-state index in [0.29, 0.717) is 0 Å². The molecular formula is C7H13N2O4P. The van der Waals surface area contributed by atoms with Gasteiger partial charge in [0.1, 0.15) is 0 Å². The predicted molar refractivity (Wildman–Crippen MR) is 49.8 cm³/mol. The van der Waals surface area contributed by atoms with Gasteiger partial charge < -0.3 is 19.5 Å². The Hall–Kier alpha value is -0.680. The molecule has 14 heavy (non-hydrogen) atoms. The Morgan fingerprint density at radius 1 is 1.57 bits per heavy atom. The molecular weight excluding hydrogens is 207 g/mol. The van der Waals surface area contributed by atoms with E-state index in [2.05, 4.69) is 4.98 Å². The number of aliphatic hydroxyl groups excluding tert-OH is 1. The molecule has 0 aliphatic carbocycles. The number of aliphatic hydroxyl groups is 1. The van der Waals surface area contributed by atoms with Gasteiger partial charge in [-0.05, 0) is 13.8 Å². The average molecular weight is 220 g/mol. The molecule has 0 aromatic carbocycles. The Morgan fingerprint density at radius 2 is 2.14 bits per heavy atom. The first-order valence-corrected chi connectivity index (χ1v) is 5.72. The number of aromatic nitrogens is 2. The van der Waals surface area contributed by atoms with Crippen LogP contribution in [0.15, 0.2) is 6.33 Å². The van der Waals surface area contributed by atoms with Gasteiger partial charge in [-0.15, -0.1) is 0 Å². The fourth-order valence-corrected chi connectivity index (χ4v) is 1.40. The first-order valence-electron chi connectivity index (χ1n) is 4.04. The molecule has 0 aliphatic rings. The minimum atomic E-state index is -4.43. The van der Waals surface area contributed by atoms with Crippen LogP contribution in [0.3, 0.4) is 0 Å². The van der Waals surface area contributed by atoms with Crippen molar-refractivity contribution >= 4 is 7.60 Å². The van der Waals surface area contributed by atoms with Gasteiger partial charge in [0, 0.05) is 5.69 Å². The third kappa shape index (κ3) is 2.42. The lowest BCUT2D eigenvalue weighted by Crippen LogP contribution is -2.16. The SMILES string of the molecule is Cc1ncn(CC(O)P(=O)(O)O)c1C. The molecule has 0 bridgehead atoms. The van der Waals surface area contributed by atoms with E-state index < -0.39 is 13.4 Å². The first-order chi connectivity index (χ1) is 6.32. The van der Waals surface area contributed by atoms with Gasteiger partial charge >= 0.3 is 7.60 Å². The third-order valence-corrected chi connectivity index (χ3v) is 3.03. The number of imidazole rings is 1. The van der Waals surface area contributed by atoms with Crippen molar-refractivity contribution in [2.75, 3.05) is 0 Å². The van der Waals surface area contributed by atoms with Crippen LogP contribution in [0.2, 0.25) is 0 Å². The lowest BCUT2D eigenvalue weighted by Gasteiger charge is -2.13. The second-order valence-corrected chi connectivity index (χ2v) is 4.91. The van der Waals surface area contributed by atoms with Crippen molar-refractivity contribution in [3.63, 3.8) is 0 Å². The Balaban J connectivity index is 2.80. The molecule has 1 aromatic heterocycles. The highest BCUT2D eigenvalue weighted by Gasteiger charge is 2.26. The molecule has 3 N–H and O–H groups in total. The van der Waals surface area contributed by atoms with E-state index in [1.165, 1.54) is 10.9 Å². The summed E-state index contributed by atoms with van der Waals surface area (Å²) in [7, 11) is -4.43. The normalized spacial score (nSPS) is 14.4. The molecule has 0 saturated heterocycles. The van der Waals surface area contributed by atoms with Crippen LogP contribution >= 0.6 is 7.60 Å². The van der Waals surface area contributed by atoms with Gasteiger partial charge in [0.05, 0.1) is 18.6 Å². The van der Waals surface area contributed by atoms with Gasteiger partial charge in [0.15, 0.2) is 5.85 Å². The zero-order valence-electron chi connectivity index (χ0n) is 7.95. The second kappa shape index (κ2) is 3.82. The van der Waals surface area contributed by atoms with Crippen LogP contribution in [-0.2, 0) is 11.1 Å². The number of aryl methyl sites for hydroxylation is 1. The summed E-state index contributed by atoms with van der Waals surface area (Å²) >= 11 is 0. The molecule has 0 amide bonds. The second-order valence-electron chi connectivity index (χ2n) is 3.14. The molecule has 0 aliphatic heterocycles. The van der Waals surface area contributed by atoms with E-state index in [1.807, 2.05) is 0 Å². The highest BCUT2D eigenvalue weighted by Crippen LogP contribution is 2.40. The van der Waals surface area contributed by atoms with E-state index in [9.17, 15) is 4.57 Å². The molecule has 1 rings (SSSR count). The molecule has 80 valence electrons. The first kappa shape index (κ1) is 11.4. The fraction of sp³-hybridized carbons (Fsp3) is 0.571. The van der Waals surface area contributed by atoms with Crippen LogP contribution in [0.4, 0.5) is 0 Å². The van der Waals surface area contributed by atoms with Crippen molar-refractivity contribution in [3.05, 3.63) is 17.7 Å². The van der Waals surface area contributed by atoms with E-state index in [1.54, 1.807) is 13.8 Å². The number of nitrogens with zero attached hydrogens (tertiary/aromatic N) is 2. The summed E-state index contributed by atoms with van der Waals surface area (Å²) in [6.07, 6.45) is 1.45. The van der Waals surface area contributed by atoms with Crippen molar-refractivity contribution in [3.8, 4) is 0 Å². The summed E-state index contributed by atoms with van der Waals surface area (Å²) in [5.74, 6) is -1.67. The third-order valence-electron chi connectivity index (χ3n) is 2.09. The molecule has 0 radical (unpaired) electrons. The van der Waals surface area contributed by atoms with Gasteiger partial charge in [-0.3, -0.25) is 4.57 Å². The Labute approximate surface area is 81.4 Å². The van der Waals surface area contributed by atoms with Crippen molar-refractivity contribution < 1.29 is 19.5 Å². The number of hydrogen-bond donors (Lipinski definition) is 3. The van der Waals surface area contributed by atoms with Gasteiger partial charge in [-0.1, -0.05) is 0 Å². The van der Waals surface area contributed by atoms with Crippen LogP contribution in [0.1, 0.15) is 11.4 Å². The summed E-state index contributed by atoms with van der Waals surface area (Å²) < 4.78 is 12.2. The summed E-state index contributed by atoms with van der Waals surface area (Å²) in [5, 5.41) is 9.16. The minimum absolute atomic E-state index is 0.142. The lowest BCUT2D eigenvalue weighted by molar-refractivity contribution is 0.184. The standard InChI is InChI=1S/C7H13N2O4P/c1-5-6(2)9(4-8-5)3-7(10)14(11,12)13/h4,7,10H,3H2,1-2H3,(H2,11,12,13). The topological polar surface area (TPSA) is 95.6 Å². The highest BCUT2D eigenvalue weighted by molar-refractivity contribution is 7.52. The maximum Gasteiger partial charge on any atom is 0.355 e. The number of hydrogen-bond acceptors (Lipinski definition) is 3. The fourth-order valence-electron chi connectivity index (χ4n) is 1.01. The van der Waals surface area contributed by atoms with Crippen molar-refractivity contribution in [2.45, 2.75) is 26.2 Å². The van der Waals surface area contributed by atoms with E-state index in [-0.39, 0.29) is 6.54 Å². The van der Waals surface area contributed by atoms with E-state index >= 15 is 0 Å². The molecule has 0 saturated carbocycles. The quantitative estimate of drug-likeness (QED) is 0.623. The molecule has 6 nitrogen and oxygen atoms in total. The average Bonchev–Trinajstić information content (AvgIpc) is 2.34. The van der Waals surface area contributed by atoms with E-state index in [4.69, 9.17) is 14.9 Å². The van der Waals surface area contributed by atoms with Crippen molar-refractivity contribution in [2.24, 2.45) is 0 Å². The van der Waals surface area contributed by atoms with Gasteiger partial charge in [0.2, 0.25) is 0 Å². The molecule has 7 heteroatoms. The molecule has 1 atom stereocenters. The predicted octanol–water partition coefficient (Wildman–Crippen LogP) is -0.00396. The van der Waals surface area contributed by atoms with Crippen LogP contribution < -0.4 is 0 Å². The van der Waals surface area contributed by atoms with Gasteiger partial charge in [-0.25, -0.2) is 4.98 Å². The maximum atomic E-state index is 10.7. The number of rotatable bonds is 3. The molecule has 0 fully saturated rings. The van der Waals surface area contributed by atoms with Crippen molar-refractivity contribution in [1.82, 2.24) is 9.55 Å². The smallest absolute Gasteiger partial charge is 0.355 e. The maximum absolute atomic E-state index is 10.7. The summed E-state index contributed by atoms with van der Waals surface area (Å²) in [5.41, 5.74) is 1.57. The Bertz CT molecular complexity index is 370. The minimum Gasteiger partial charge on any atom is -0.379 e. The Morgan fingerprint density at radius 3 is 2.50 bits per heavy atom. The van der Waals surface area contributed by atoms with Crippen molar-refractivity contribution in [1.29, 1.82) is 0 Å². The lowest BCUT2D eigenvalue weighted by atomic mass is 10.4. The van der Waals surface area contributed by atoms with Gasteiger partial charge in [-0.2, -0.15) is 0 Å². The van der Waals surface area contributed by atoms with Crippen LogP contribution in [0.5, 0.6) is 0 Å². The monoisotopic (exact) mass is 220 g/mol. The molecule has 0 spiro atoms. The molecule has 1 heterocycles. The summed E-state index contributed by atoms with van der Waals surface area (Å²) in [4.78, 5) is 21.3. The van der Waals surface area contributed by atoms with E-state index in [0.717, 1.165) is 11.4 Å². The van der Waals surface area contributed by atoms with Crippen LogP contribution in [0, 0.1) is 13.8 Å². The zero-order chi connectivity index (χ0) is 10.9. The summed E-state index contributed by atoms with van der Waals surface area (Å²) in [6.45, 7) is 3.42. The highest BCUT2D eigenvalue weighted by atomic mass is 31.2. The van der Waals surface area contributed by atoms with Gasteiger partial charge in [0.25, 0.3) is 0 Å². The van der Waals surface area contributed by atoms with Crippen LogP contribution in [0.25, 0.3) is 0 Å². The molecule has 1 aromatic rings. The Kier molecular flexibility index (Phi) is 3.11. The molecule has 1 unspecified atom stereocenters. The van der Waals surface area contributed by atoms with Crippen LogP contribution in [-0.4, -0.2) is 30.3 Å². The zero-order valence-corrected chi connectivity index (χ0v) is 8.85.